The number of rotatable bonds is 7. The minimum Gasteiger partial charge on any atom is -0.484 e. The average Bonchev–Trinajstić information content (AvgIpc) is 3.10. The van der Waals surface area contributed by atoms with E-state index in [0.717, 1.165) is 5.69 Å². The van der Waals surface area contributed by atoms with Crippen molar-refractivity contribution in [1.29, 1.82) is 0 Å². The van der Waals surface area contributed by atoms with Gasteiger partial charge in [-0.2, -0.15) is 0 Å². The summed E-state index contributed by atoms with van der Waals surface area (Å²) in [5.74, 6) is 0.211. The number of hydrogen-bond donors (Lipinski definition) is 1. The maximum absolute atomic E-state index is 13.7. The van der Waals surface area contributed by atoms with Crippen LogP contribution in [0.25, 0.3) is 0 Å². The van der Waals surface area contributed by atoms with Crippen molar-refractivity contribution >= 4 is 35.0 Å². The topological polar surface area (TPSA) is 82.2 Å². The van der Waals surface area contributed by atoms with Crippen molar-refractivity contribution < 1.29 is 19.1 Å². The normalized spacial score (nSPS) is 17.3. The van der Waals surface area contributed by atoms with Crippen LogP contribution >= 0.6 is 11.6 Å². The van der Waals surface area contributed by atoms with Crippen LogP contribution in [-0.4, -0.2) is 72.0 Å². The summed E-state index contributed by atoms with van der Waals surface area (Å²) in [6.07, 6.45) is 0.964. The molecule has 186 valence electrons. The Labute approximate surface area is 210 Å². The van der Waals surface area contributed by atoms with Crippen molar-refractivity contribution in [3.05, 3.63) is 59.6 Å². The highest BCUT2D eigenvalue weighted by Gasteiger charge is 2.54. The predicted octanol–water partition coefficient (Wildman–Crippen LogP) is 2.91. The molecule has 2 aliphatic heterocycles. The van der Waals surface area contributed by atoms with E-state index in [-0.39, 0.29) is 36.9 Å². The van der Waals surface area contributed by atoms with E-state index in [0.29, 0.717) is 43.4 Å². The molecule has 0 saturated carbocycles. The first-order valence-corrected chi connectivity index (χ1v) is 12.2. The Morgan fingerprint density at radius 3 is 2.34 bits per heavy atom. The van der Waals surface area contributed by atoms with Gasteiger partial charge < -0.3 is 24.8 Å². The van der Waals surface area contributed by atoms with Crippen LogP contribution in [0, 0.1) is 0 Å². The number of halogens is 1. The number of nitrogens with zero attached hydrogens (tertiary/aromatic N) is 3. The summed E-state index contributed by atoms with van der Waals surface area (Å²) in [4.78, 5) is 44.3. The highest BCUT2D eigenvalue weighted by atomic mass is 35.5. The molecule has 3 amide bonds. The van der Waals surface area contributed by atoms with Gasteiger partial charge in [0.05, 0.1) is 6.67 Å². The van der Waals surface area contributed by atoms with E-state index in [1.165, 1.54) is 0 Å². The minimum atomic E-state index is -0.784. The highest BCUT2D eigenvalue weighted by molar-refractivity contribution is 6.30. The molecule has 0 radical (unpaired) electrons. The van der Waals surface area contributed by atoms with Gasteiger partial charge in [0.15, 0.2) is 6.61 Å². The molecular weight excluding hydrogens is 468 g/mol. The zero-order valence-electron chi connectivity index (χ0n) is 20.1. The smallest absolute Gasteiger partial charge is 0.260 e. The summed E-state index contributed by atoms with van der Waals surface area (Å²) in [5, 5.41) is 3.47. The Morgan fingerprint density at radius 1 is 1.06 bits per heavy atom. The molecular formula is C26H31ClN4O4. The second-order valence-corrected chi connectivity index (χ2v) is 9.72. The second-order valence-electron chi connectivity index (χ2n) is 9.29. The SMILES string of the molecule is CC(C)NC(=O)CN1CN(c2ccccc2)C2(CCN(C(=O)COc3ccc(Cl)cc3)CC2)C1=O. The quantitative estimate of drug-likeness (QED) is 0.634. The summed E-state index contributed by atoms with van der Waals surface area (Å²) in [7, 11) is 0. The molecule has 2 saturated heterocycles. The first kappa shape index (κ1) is 24.9. The van der Waals surface area contributed by atoms with Crippen LogP contribution in [0.15, 0.2) is 54.6 Å². The van der Waals surface area contributed by atoms with Gasteiger partial charge in [-0.25, -0.2) is 0 Å². The van der Waals surface area contributed by atoms with Gasteiger partial charge in [0.1, 0.15) is 17.8 Å². The number of carbonyl (C=O) groups excluding carboxylic acids is 3. The molecule has 4 rings (SSSR count). The number of likely N-dealkylation sites (tertiary alicyclic amines) is 1. The lowest BCUT2D eigenvalue weighted by Gasteiger charge is -2.43. The van der Waals surface area contributed by atoms with Crippen LogP contribution < -0.4 is 15.0 Å². The molecule has 2 fully saturated rings. The van der Waals surface area contributed by atoms with Gasteiger partial charge in [-0.15, -0.1) is 0 Å². The molecule has 9 heteroatoms. The van der Waals surface area contributed by atoms with Crippen molar-refractivity contribution in [1.82, 2.24) is 15.1 Å². The lowest BCUT2D eigenvalue weighted by atomic mass is 9.85. The molecule has 1 N–H and O–H groups in total. The predicted molar refractivity (Wildman–Crippen MR) is 134 cm³/mol. The molecule has 2 aromatic carbocycles. The maximum Gasteiger partial charge on any atom is 0.260 e. The molecule has 0 unspecified atom stereocenters. The molecule has 0 bridgehead atoms. The van der Waals surface area contributed by atoms with Crippen molar-refractivity contribution in [2.24, 2.45) is 0 Å². The third kappa shape index (κ3) is 5.53. The molecule has 2 aromatic rings. The van der Waals surface area contributed by atoms with Crippen molar-refractivity contribution in [2.75, 3.05) is 37.8 Å². The standard InChI is InChI=1S/C26H31ClN4O4/c1-19(2)28-23(32)16-30-18-31(21-6-4-3-5-7-21)26(25(30)34)12-14-29(15-13-26)24(33)17-35-22-10-8-20(27)9-11-22/h3-11,19H,12-18H2,1-2H3,(H,28,32). The molecule has 0 atom stereocenters. The molecule has 0 aromatic heterocycles. The number of para-hydroxylation sites is 1. The van der Waals surface area contributed by atoms with E-state index >= 15 is 0 Å². The summed E-state index contributed by atoms with van der Waals surface area (Å²) in [5.41, 5.74) is 0.145. The number of ether oxygens (including phenoxy) is 1. The second kappa shape index (κ2) is 10.6. The molecule has 8 nitrogen and oxygen atoms in total. The third-order valence-corrected chi connectivity index (χ3v) is 6.74. The fourth-order valence-electron chi connectivity index (χ4n) is 4.76. The van der Waals surface area contributed by atoms with E-state index in [1.54, 1.807) is 34.1 Å². The van der Waals surface area contributed by atoms with Crippen LogP contribution in [0.5, 0.6) is 5.75 Å². The first-order chi connectivity index (χ1) is 16.8. The van der Waals surface area contributed by atoms with Gasteiger partial charge in [-0.05, 0) is 63.1 Å². The fraction of sp³-hybridized carbons (Fsp3) is 0.423. The Bertz CT molecular complexity index is 1050. The van der Waals surface area contributed by atoms with Crippen molar-refractivity contribution in [3.8, 4) is 5.75 Å². The number of carbonyl (C=O) groups is 3. The van der Waals surface area contributed by atoms with Gasteiger partial charge in [-0.3, -0.25) is 14.4 Å². The monoisotopic (exact) mass is 498 g/mol. The third-order valence-electron chi connectivity index (χ3n) is 6.49. The van der Waals surface area contributed by atoms with Gasteiger partial charge in [0.25, 0.3) is 11.8 Å². The van der Waals surface area contributed by atoms with Crippen LogP contribution in [0.2, 0.25) is 5.02 Å². The summed E-state index contributed by atoms with van der Waals surface area (Å²) in [6, 6.07) is 16.6. The molecule has 1 spiro atoms. The van der Waals surface area contributed by atoms with Crippen LogP contribution in [-0.2, 0) is 14.4 Å². The van der Waals surface area contributed by atoms with E-state index in [1.807, 2.05) is 44.2 Å². The van der Waals surface area contributed by atoms with Crippen LogP contribution in [0.4, 0.5) is 5.69 Å². The van der Waals surface area contributed by atoms with E-state index in [4.69, 9.17) is 16.3 Å². The van der Waals surface area contributed by atoms with Gasteiger partial charge in [0.2, 0.25) is 5.91 Å². The maximum atomic E-state index is 13.7. The minimum absolute atomic E-state index is 0.00346. The lowest BCUT2D eigenvalue weighted by molar-refractivity contribution is -0.140. The molecule has 2 aliphatic rings. The van der Waals surface area contributed by atoms with Gasteiger partial charge in [0, 0.05) is 29.8 Å². The van der Waals surface area contributed by atoms with Crippen molar-refractivity contribution in [3.63, 3.8) is 0 Å². The number of nitrogens with one attached hydrogen (secondary N) is 1. The Kier molecular flexibility index (Phi) is 7.50. The Balaban J connectivity index is 1.44. The number of hydrogen-bond acceptors (Lipinski definition) is 5. The Hall–Kier alpha value is -3.26. The molecule has 0 aliphatic carbocycles. The van der Waals surface area contributed by atoms with E-state index < -0.39 is 5.54 Å². The van der Waals surface area contributed by atoms with Crippen LogP contribution in [0.3, 0.4) is 0 Å². The Morgan fingerprint density at radius 2 is 1.71 bits per heavy atom. The largest absolute Gasteiger partial charge is 0.484 e. The summed E-state index contributed by atoms with van der Waals surface area (Å²) < 4.78 is 5.62. The summed E-state index contributed by atoms with van der Waals surface area (Å²) in [6.45, 7) is 4.93. The van der Waals surface area contributed by atoms with Crippen LogP contribution in [0.1, 0.15) is 26.7 Å². The average molecular weight is 499 g/mol. The first-order valence-electron chi connectivity index (χ1n) is 11.9. The van der Waals surface area contributed by atoms with Gasteiger partial charge in [-0.1, -0.05) is 29.8 Å². The number of amides is 3. The van der Waals surface area contributed by atoms with Gasteiger partial charge >= 0.3 is 0 Å². The number of benzene rings is 2. The lowest BCUT2D eigenvalue weighted by Crippen LogP contribution is -2.58. The van der Waals surface area contributed by atoms with E-state index in [2.05, 4.69) is 10.2 Å². The molecule has 2 heterocycles. The number of piperidine rings is 1. The van der Waals surface area contributed by atoms with Crippen molar-refractivity contribution in [2.45, 2.75) is 38.3 Å². The zero-order chi connectivity index (χ0) is 25.0. The fourth-order valence-corrected chi connectivity index (χ4v) is 4.88. The highest BCUT2D eigenvalue weighted by Crippen LogP contribution is 2.39. The molecule has 35 heavy (non-hydrogen) atoms. The zero-order valence-corrected chi connectivity index (χ0v) is 20.8. The number of anilines is 1. The summed E-state index contributed by atoms with van der Waals surface area (Å²) >= 11 is 5.90. The van der Waals surface area contributed by atoms with E-state index in [9.17, 15) is 14.4 Å².